The highest BCUT2D eigenvalue weighted by molar-refractivity contribution is 6.98. The van der Waals surface area contributed by atoms with Crippen molar-refractivity contribution < 1.29 is 9.47 Å². The average Bonchev–Trinajstić information content (AvgIpc) is 3.73. The number of ether oxygens (including phenoxy) is 2. The Morgan fingerprint density at radius 1 is 0.357 bits per heavy atom. The summed E-state index contributed by atoms with van der Waals surface area (Å²) >= 11 is 0. The summed E-state index contributed by atoms with van der Waals surface area (Å²) in [5, 5.41) is 2.54. The van der Waals surface area contributed by atoms with Crippen molar-refractivity contribution in [3.63, 3.8) is 0 Å². The Labute approximate surface area is 325 Å². The zero-order chi connectivity index (χ0) is 36.5. The number of hydrogen-bond acceptors (Lipinski definition) is 2. The Bertz CT molecular complexity index is 3110. The molecule has 2 heterocycles. The molecule has 56 heavy (non-hydrogen) atoms. The Morgan fingerprint density at radius 3 is 1.57 bits per heavy atom. The van der Waals surface area contributed by atoms with Crippen LogP contribution in [-0.2, 0) is 5.41 Å². The minimum absolute atomic E-state index is 0.0506. The van der Waals surface area contributed by atoms with E-state index in [1.165, 1.54) is 77.4 Å². The van der Waals surface area contributed by atoms with Crippen LogP contribution in [0.4, 0.5) is 0 Å². The topological polar surface area (TPSA) is 18.5 Å². The fourth-order valence-electron chi connectivity index (χ4n) is 10.6. The number of fused-ring (bicyclic) bond motifs is 16. The maximum absolute atomic E-state index is 6.69. The Kier molecular flexibility index (Phi) is 5.94. The zero-order valence-corrected chi connectivity index (χ0v) is 30.3. The smallest absolute Gasteiger partial charge is 0.260 e. The zero-order valence-electron chi connectivity index (χ0n) is 30.3. The molecular formula is C53H31BO2. The van der Waals surface area contributed by atoms with Crippen LogP contribution in [0.5, 0.6) is 23.0 Å². The highest BCUT2D eigenvalue weighted by atomic mass is 16.5. The van der Waals surface area contributed by atoms with E-state index >= 15 is 0 Å². The molecule has 0 saturated heterocycles. The van der Waals surface area contributed by atoms with Crippen LogP contribution in [0, 0.1) is 0 Å². The van der Waals surface area contributed by atoms with Crippen molar-refractivity contribution in [1.82, 2.24) is 0 Å². The molecule has 2 aliphatic carbocycles. The van der Waals surface area contributed by atoms with Crippen LogP contribution in [-0.4, -0.2) is 6.71 Å². The van der Waals surface area contributed by atoms with E-state index in [1.54, 1.807) is 0 Å². The van der Waals surface area contributed by atoms with Gasteiger partial charge < -0.3 is 9.47 Å². The highest BCUT2D eigenvalue weighted by Crippen LogP contribution is 2.64. The van der Waals surface area contributed by atoms with Crippen LogP contribution < -0.4 is 25.9 Å². The van der Waals surface area contributed by atoms with Crippen molar-refractivity contribution in [1.29, 1.82) is 0 Å². The molecule has 0 atom stereocenters. The van der Waals surface area contributed by atoms with Crippen LogP contribution in [0.25, 0.3) is 55.3 Å². The van der Waals surface area contributed by atoms with Gasteiger partial charge in [0.2, 0.25) is 0 Å². The lowest BCUT2D eigenvalue weighted by Gasteiger charge is -2.33. The number of hydrogen-bond donors (Lipinski definition) is 0. The molecule has 13 rings (SSSR count). The van der Waals surface area contributed by atoms with Crippen molar-refractivity contribution in [2.24, 2.45) is 0 Å². The van der Waals surface area contributed by atoms with E-state index in [1.807, 2.05) is 18.2 Å². The molecule has 258 valence electrons. The lowest BCUT2D eigenvalue weighted by molar-refractivity contribution is 0.464. The fourth-order valence-corrected chi connectivity index (χ4v) is 10.6. The summed E-state index contributed by atoms with van der Waals surface area (Å²) < 4.78 is 13.0. The van der Waals surface area contributed by atoms with Crippen LogP contribution >= 0.6 is 0 Å². The summed E-state index contributed by atoms with van der Waals surface area (Å²) in [7, 11) is 0. The molecule has 0 radical (unpaired) electrons. The van der Waals surface area contributed by atoms with Gasteiger partial charge >= 0.3 is 0 Å². The molecule has 0 fully saturated rings. The summed E-state index contributed by atoms with van der Waals surface area (Å²) in [4.78, 5) is 0. The second-order valence-electron chi connectivity index (χ2n) is 15.5. The molecule has 0 bridgehead atoms. The van der Waals surface area contributed by atoms with Gasteiger partial charge in [-0.2, -0.15) is 0 Å². The predicted octanol–water partition coefficient (Wildman–Crippen LogP) is 11.2. The standard InChI is InChI=1S/C53H31BO2/c1-2-13-36(34-26-29-46-50(31-34)56-49-23-11-22-48-52(49)54(46)45-20-9-10-21-47(45)55-48)35(12-1)32-24-27-37-33(30-32)25-28-41-40-16-5-8-19-44(40)53(51(37)41)42-17-6-3-14-38(42)39-15-4-7-18-43(39)53/h1-31H. The number of rotatable bonds is 2. The maximum atomic E-state index is 6.69. The molecule has 9 aromatic carbocycles. The third-order valence-corrected chi connectivity index (χ3v) is 12.8. The van der Waals surface area contributed by atoms with Crippen molar-refractivity contribution >= 4 is 33.9 Å². The lowest BCUT2D eigenvalue weighted by atomic mass is 9.35. The van der Waals surface area contributed by atoms with Gasteiger partial charge in [0.25, 0.3) is 6.71 Å². The lowest BCUT2D eigenvalue weighted by Crippen LogP contribution is -2.57. The Hall–Kier alpha value is -7.10. The second-order valence-corrected chi connectivity index (χ2v) is 15.5. The van der Waals surface area contributed by atoms with Gasteiger partial charge in [-0.25, -0.2) is 0 Å². The van der Waals surface area contributed by atoms with E-state index < -0.39 is 0 Å². The van der Waals surface area contributed by atoms with Gasteiger partial charge in [-0.05, 0) is 119 Å². The minimum atomic E-state index is -0.383. The average molecular weight is 711 g/mol. The molecule has 3 heteroatoms. The van der Waals surface area contributed by atoms with Gasteiger partial charge in [0.05, 0.1) is 5.41 Å². The van der Waals surface area contributed by atoms with E-state index in [9.17, 15) is 0 Å². The van der Waals surface area contributed by atoms with E-state index in [-0.39, 0.29) is 12.1 Å². The van der Waals surface area contributed by atoms with E-state index in [0.717, 1.165) is 39.5 Å². The molecule has 0 aromatic heterocycles. The van der Waals surface area contributed by atoms with Crippen molar-refractivity contribution in [3.8, 4) is 67.5 Å². The van der Waals surface area contributed by atoms with Crippen LogP contribution in [0.15, 0.2) is 188 Å². The molecule has 2 aliphatic heterocycles. The third kappa shape index (κ3) is 3.82. The molecule has 0 unspecified atom stereocenters. The normalized spacial score (nSPS) is 14.1. The minimum Gasteiger partial charge on any atom is -0.458 e. The van der Waals surface area contributed by atoms with Gasteiger partial charge in [0, 0.05) is 5.46 Å². The summed E-state index contributed by atoms with van der Waals surface area (Å²) in [6.45, 7) is 0.0506. The first kappa shape index (κ1) is 30.3. The summed E-state index contributed by atoms with van der Waals surface area (Å²) in [6.07, 6.45) is 0. The molecule has 2 nitrogen and oxygen atoms in total. The van der Waals surface area contributed by atoms with Gasteiger partial charge in [-0.15, -0.1) is 0 Å². The molecule has 0 N–H and O–H groups in total. The highest BCUT2D eigenvalue weighted by Gasteiger charge is 2.52. The van der Waals surface area contributed by atoms with Gasteiger partial charge in [-0.1, -0.05) is 158 Å². The largest absolute Gasteiger partial charge is 0.458 e. The van der Waals surface area contributed by atoms with Crippen molar-refractivity contribution in [2.45, 2.75) is 5.41 Å². The first-order chi connectivity index (χ1) is 27.8. The molecule has 9 aromatic rings. The molecule has 0 saturated carbocycles. The monoisotopic (exact) mass is 710 g/mol. The summed E-state index contributed by atoms with van der Waals surface area (Å²) in [5.41, 5.74) is 18.5. The number of para-hydroxylation sites is 1. The quantitative estimate of drug-likeness (QED) is 0.166. The fraction of sp³-hybridized carbons (Fsp3) is 0.0189. The summed E-state index contributed by atoms with van der Waals surface area (Å²) in [6, 6.07) is 68.9. The molecule has 1 spiro atoms. The third-order valence-electron chi connectivity index (χ3n) is 12.8. The van der Waals surface area contributed by atoms with Crippen LogP contribution in [0.2, 0.25) is 0 Å². The Balaban J connectivity index is 0.972. The van der Waals surface area contributed by atoms with Crippen LogP contribution in [0.3, 0.4) is 0 Å². The molecule has 0 amide bonds. The molecular weight excluding hydrogens is 679 g/mol. The Morgan fingerprint density at radius 2 is 0.875 bits per heavy atom. The molecule has 4 aliphatic rings. The summed E-state index contributed by atoms with van der Waals surface area (Å²) in [5.74, 6) is 3.51. The van der Waals surface area contributed by atoms with E-state index in [2.05, 4.69) is 170 Å². The van der Waals surface area contributed by atoms with Gasteiger partial charge in [-0.3, -0.25) is 0 Å². The first-order valence-electron chi connectivity index (χ1n) is 19.5. The van der Waals surface area contributed by atoms with Crippen molar-refractivity contribution in [2.75, 3.05) is 0 Å². The van der Waals surface area contributed by atoms with Crippen molar-refractivity contribution in [3.05, 3.63) is 210 Å². The van der Waals surface area contributed by atoms with Gasteiger partial charge in [0.1, 0.15) is 23.0 Å². The SMILES string of the molecule is c1ccc2c(c1)Oc1cccc3c1B2c1ccc(-c2ccccc2-c2ccc4c5c(ccc4c2)-c2ccccc2C52c4ccccc4-c4ccccc42)cc1O3. The van der Waals surface area contributed by atoms with Gasteiger partial charge in [0.15, 0.2) is 0 Å². The maximum Gasteiger partial charge on any atom is 0.260 e. The number of benzene rings is 9. The second kappa shape index (κ2) is 11.0. The predicted molar refractivity (Wildman–Crippen MR) is 229 cm³/mol. The van der Waals surface area contributed by atoms with E-state index in [0.29, 0.717) is 0 Å². The van der Waals surface area contributed by atoms with E-state index in [4.69, 9.17) is 9.47 Å². The van der Waals surface area contributed by atoms with Crippen LogP contribution in [0.1, 0.15) is 22.3 Å². The first-order valence-corrected chi connectivity index (χ1v) is 19.5.